The van der Waals surface area contributed by atoms with Crippen LogP contribution in [0.1, 0.15) is 0 Å². The summed E-state index contributed by atoms with van der Waals surface area (Å²) in [6.45, 7) is 0. The van der Waals surface area contributed by atoms with Crippen LogP contribution in [0.15, 0.2) is 30.5 Å². The van der Waals surface area contributed by atoms with E-state index >= 15 is 0 Å². The smallest absolute Gasteiger partial charge is 0.134 e. The van der Waals surface area contributed by atoms with Gasteiger partial charge in [0.25, 0.3) is 0 Å². The molecule has 0 saturated heterocycles. The van der Waals surface area contributed by atoms with E-state index in [2.05, 4.69) is 4.98 Å². The van der Waals surface area contributed by atoms with Crippen LogP contribution in [0, 0.1) is 5.82 Å². The van der Waals surface area contributed by atoms with Crippen molar-refractivity contribution in [1.29, 1.82) is 0 Å². The molecule has 0 aliphatic carbocycles. The molecule has 0 fully saturated rings. The monoisotopic (exact) mass is 162 g/mol. The second kappa shape index (κ2) is 2.44. The first-order chi connectivity index (χ1) is 5.79. The Labute approximate surface area is 68.8 Å². The van der Waals surface area contributed by atoms with E-state index in [4.69, 9.17) is 5.73 Å². The van der Waals surface area contributed by atoms with Gasteiger partial charge in [0.05, 0.1) is 10.9 Å². The number of nitrogens with two attached hydrogens (primary N) is 1. The molecule has 2 rings (SSSR count). The van der Waals surface area contributed by atoms with Crippen LogP contribution < -0.4 is 5.73 Å². The molecule has 0 unspecified atom stereocenters. The molecule has 0 bridgehead atoms. The Hall–Kier alpha value is -1.64. The number of benzene rings is 1. The maximum Gasteiger partial charge on any atom is 0.134 e. The highest BCUT2D eigenvalue weighted by atomic mass is 19.1. The van der Waals surface area contributed by atoms with Gasteiger partial charge in [-0.05, 0) is 18.2 Å². The number of aromatic nitrogens is 1. The van der Waals surface area contributed by atoms with E-state index in [0.717, 1.165) is 0 Å². The molecule has 0 aliphatic heterocycles. The number of hydrogen-bond acceptors (Lipinski definition) is 2. The van der Waals surface area contributed by atoms with Crippen LogP contribution >= 0.6 is 0 Å². The van der Waals surface area contributed by atoms with Gasteiger partial charge in [-0.3, -0.25) is 4.98 Å². The molecule has 1 aromatic heterocycles. The summed E-state index contributed by atoms with van der Waals surface area (Å²) in [6, 6.07) is 6.31. The number of pyridine rings is 1. The standard InChI is InChI=1S/C9H7FN2/c10-6-2-1-3-8-9(6)7(11)4-5-12-8/h1-5H,(H2,11,12). The highest BCUT2D eigenvalue weighted by molar-refractivity contribution is 5.90. The number of anilines is 1. The van der Waals surface area contributed by atoms with Crippen molar-refractivity contribution in [1.82, 2.24) is 4.98 Å². The predicted octanol–water partition coefficient (Wildman–Crippen LogP) is 1.96. The topological polar surface area (TPSA) is 38.9 Å². The van der Waals surface area contributed by atoms with Crippen molar-refractivity contribution >= 4 is 16.6 Å². The minimum absolute atomic E-state index is 0.321. The molecule has 0 amide bonds. The molecule has 0 spiro atoms. The van der Waals surface area contributed by atoms with E-state index in [1.165, 1.54) is 6.07 Å². The lowest BCUT2D eigenvalue weighted by atomic mass is 10.2. The van der Waals surface area contributed by atoms with Crippen molar-refractivity contribution in [3.63, 3.8) is 0 Å². The molecular weight excluding hydrogens is 155 g/mol. The second-order valence-electron chi connectivity index (χ2n) is 2.53. The molecule has 0 aliphatic rings. The third-order valence-corrected chi connectivity index (χ3v) is 1.75. The van der Waals surface area contributed by atoms with Gasteiger partial charge in [-0.15, -0.1) is 0 Å². The molecule has 1 heterocycles. The van der Waals surface area contributed by atoms with Gasteiger partial charge in [0, 0.05) is 11.9 Å². The molecule has 0 radical (unpaired) electrons. The van der Waals surface area contributed by atoms with Gasteiger partial charge in [-0.2, -0.15) is 0 Å². The third kappa shape index (κ3) is 0.906. The van der Waals surface area contributed by atoms with Crippen LogP contribution in [0.25, 0.3) is 10.9 Å². The Morgan fingerprint density at radius 1 is 1.25 bits per heavy atom. The first kappa shape index (κ1) is 7.03. The molecule has 60 valence electrons. The Bertz CT molecular complexity index is 389. The Morgan fingerprint density at radius 3 is 2.83 bits per heavy atom. The zero-order valence-corrected chi connectivity index (χ0v) is 6.29. The SMILES string of the molecule is Nc1ccnc2cccc(F)c12. The molecule has 2 N–H and O–H groups in total. The lowest BCUT2D eigenvalue weighted by Crippen LogP contribution is -1.90. The average molecular weight is 162 g/mol. The van der Waals surface area contributed by atoms with E-state index in [-0.39, 0.29) is 5.82 Å². The zero-order valence-electron chi connectivity index (χ0n) is 6.29. The molecule has 2 nitrogen and oxygen atoms in total. The van der Waals surface area contributed by atoms with Gasteiger partial charge in [0.1, 0.15) is 5.82 Å². The van der Waals surface area contributed by atoms with Crippen molar-refractivity contribution in [3.05, 3.63) is 36.3 Å². The fourth-order valence-corrected chi connectivity index (χ4v) is 1.19. The average Bonchev–Trinajstić information content (AvgIpc) is 2.04. The second-order valence-corrected chi connectivity index (χ2v) is 2.53. The number of rotatable bonds is 0. The molecule has 3 heteroatoms. The minimum Gasteiger partial charge on any atom is -0.398 e. The van der Waals surface area contributed by atoms with Crippen molar-refractivity contribution in [2.75, 3.05) is 5.73 Å². The quantitative estimate of drug-likeness (QED) is 0.643. The van der Waals surface area contributed by atoms with Gasteiger partial charge in [0.2, 0.25) is 0 Å². The van der Waals surface area contributed by atoms with Gasteiger partial charge in [-0.1, -0.05) is 6.07 Å². The van der Waals surface area contributed by atoms with Crippen LogP contribution in [0.2, 0.25) is 0 Å². The van der Waals surface area contributed by atoms with Gasteiger partial charge in [-0.25, -0.2) is 4.39 Å². The van der Waals surface area contributed by atoms with Crippen molar-refractivity contribution in [2.24, 2.45) is 0 Å². The lowest BCUT2D eigenvalue weighted by molar-refractivity contribution is 0.640. The fourth-order valence-electron chi connectivity index (χ4n) is 1.19. The summed E-state index contributed by atoms with van der Waals surface area (Å²) >= 11 is 0. The van der Waals surface area contributed by atoms with E-state index in [0.29, 0.717) is 16.6 Å². The molecule has 0 atom stereocenters. The molecular formula is C9H7FN2. The first-order valence-electron chi connectivity index (χ1n) is 3.58. The number of halogens is 1. The summed E-state index contributed by atoms with van der Waals surface area (Å²) in [4.78, 5) is 3.98. The maximum absolute atomic E-state index is 13.1. The third-order valence-electron chi connectivity index (χ3n) is 1.75. The van der Waals surface area contributed by atoms with Crippen LogP contribution in [0.3, 0.4) is 0 Å². The molecule has 1 aromatic carbocycles. The van der Waals surface area contributed by atoms with Crippen LogP contribution in [0.4, 0.5) is 10.1 Å². The molecule has 2 aromatic rings. The van der Waals surface area contributed by atoms with Gasteiger partial charge in [0.15, 0.2) is 0 Å². The Morgan fingerprint density at radius 2 is 2.08 bits per heavy atom. The summed E-state index contributed by atoms with van der Waals surface area (Å²) < 4.78 is 13.1. The summed E-state index contributed by atoms with van der Waals surface area (Å²) in [5, 5.41) is 0.403. The summed E-state index contributed by atoms with van der Waals surface area (Å²) in [6.07, 6.45) is 1.57. The number of fused-ring (bicyclic) bond motifs is 1. The largest absolute Gasteiger partial charge is 0.398 e. The summed E-state index contributed by atoms with van der Waals surface area (Å²) in [7, 11) is 0. The lowest BCUT2D eigenvalue weighted by Gasteiger charge is -2.00. The normalized spacial score (nSPS) is 10.4. The molecule has 12 heavy (non-hydrogen) atoms. The first-order valence-corrected chi connectivity index (χ1v) is 3.58. The van der Waals surface area contributed by atoms with E-state index < -0.39 is 0 Å². The summed E-state index contributed by atoms with van der Waals surface area (Å²) in [5.74, 6) is -0.321. The zero-order chi connectivity index (χ0) is 8.55. The van der Waals surface area contributed by atoms with E-state index in [1.807, 2.05) is 0 Å². The van der Waals surface area contributed by atoms with Crippen LogP contribution in [0.5, 0.6) is 0 Å². The number of nitrogens with zero attached hydrogens (tertiary/aromatic N) is 1. The fraction of sp³-hybridized carbons (Fsp3) is 0. The van der Waals surface area contributed by atoms with Crippen LogP contribution in [-0.4, -0.2) is 4.98 Å². The molecule has 0 saturated carbocycles. The van der Waals surface area contributed by atoms with E-state index in [1.54, 1.807) is 24.4 Å². The minimum atomic E-state index is -0.321. The summed E-state index contributed by atoms with van der Waals surface area (Å²) in [5.41, 5.74) is 6.60. The van der Waals surface area contributed by atoms with Crippen molar-refractivity contribution < 1.29 is 4.39 Å². The van der Waals surface area contributed by atoms with Gasteiger partial charge >= 0.3 is 0 Å². The highest BCUT2D eigenvalue weighted by Crippen LogP contribution is 2.20. The van der Waals surface area contributed by atoms with Gasteiger partial charge < -0.3 is 5.73 Å². The van der Waals surface area contributed by atoms with Crippen molar-refractivity contribution in [2.45, 2.75) is 0 Å². The highest BCUT2D eigenvalue weighted by Gasteiger charge is 2.02. The number of nitrogen functional groups attached to an aromatic ring is 1. The van der Waals surface area contributed by atoms with Crippen LogP contribution in [-0.2, 0) is 0 Å². The van der Waals surface area contributed by atoms with Crippen molar-refractivity contribution in [3.8, 4) is 0 Å². The Kier molecular flexibility index (Phi) is 1.43. The maximum atomic E-state index is 13.1. The Balaban J connectivity index is 2.96. The number of hydrogen-bond donors (Lipinski definition) is 1. The van der Waals surface area contributed by atoms with E-state index in [9.17, 15) is 4.39 Å². The predicted molar refractivity (Wildman–Crippen MR) is 46.1 cm³/mol.